The second-order valence-electron chi connectivity index (χ2n) is 4.42. The number of anilines is 1. The Kier molecular flexibility index (Phi) is 4.67. The van der Waals surface area contributed by atoms with Crippen molar-refractivity contribution in [2.75, 3.05) is 18.5 Å². The van der Waals surface area contributed by atoms with Crippen molar-refractivity contribution in [3.05, 3.63) is 29.3 Å². The zero-order chi connectivity index (χ0) is 11.3. The van der Waals surface area contributed by atoms with Crippen LogP contribution in [0.2, 0.25) is 0 Å². The van der Waals surface area contributed by atoms with Crippen LogP contribution in [-0.4, -0.2) is 13.6 Å². The Balaban J connectivity index is 2.64. The third-order valence-electron chi connectivity index (χ3n) is 2.87. The molecule has 15 heavy (non-hydrogen) atoms. The van der Waals surface area contributed by atoms with Crippen molar-refractivity contribution in [1.29, 1.82) is 0 Å². The molecule has 0 radical (unpaired) electrons. The van der Waals surface area contributed by atoms with Crippen LogP contribution in [0.4, 0.5) is 5.69 Å². The van der Waals surface area contributed by atoms with Gasteiger partial charge in [-0.25, -0.2) is 0 Å². The van der Waals surface area contributed by atoms with Gasteiger partial charge < -0.3 is 4.90 Å². The van der Waals surface area contributed by atoms with Crippen LogP contribution in [0.1, 0.15) is 37.3 Å². The summed E-state index contributed by atoms with van der Waals surface area (Å²) in [6.45, 7) is 7.75. The third-order valence-corrected chi connectivity index (χ3v) is 2.87. The molecule has 0 N–H and O–H groups in total. The van der Waals surface area contributed by atoms with E-state index in [0.717, 1.165) is 6.54 Å². The normalized spacial score (nSPS) is 10.4. The van der Waals surface area contributed by atoms with Gasteiger partial charge in [0, 0.05) is 19.3 Å². The molecule has 0 aliphatic carbocycles. The highest BCUT2D eigenvalue weighted by molar-refractivity contribution is 5.54. The van der Waals surface area contributed by atoms with Crippen LogP contribution in [-0.2, 0) is 0 Å². The minimum atomic E-state index is 1.16. The predicted octanol–water partition coefficient (Wildman–Crippen LogP) is 3.93. The van der Waals surface area contributed by atoms with Gasteiger partial charge in [0.1, 0.15) is 0 Å². The lowest BCUT2D eigenvalue weighted by atomic mass is 10.1. The quantitative estimate of drug-likeness (QED) is 0.658. The molecule has 0 amide bonds. The summed E-state index contributed by atoms with van der Waals surface area (Å²) in [7, 11) is 2.19. The molecule has 0 heterocycles. The molecule has 0 saturated carbocycles. The van der Waals surface area contributed by atoms with Crippen LogP contribution >= 0.6 is 0 Å². The summed E-state index contributed by atoms with van der Waals surface area (Å²) in [6, 6.07) is 6.67. The van der Waals surface area contributed by atoms with Crippen LogP contribution in [0.5, 0.6) is 0 Å². The summed E-state index contributed by atoms with van der Waals surface area (Å²) in [6.07, 6.45) is 3.91. The zero-order valence-corrected chi connectivity index (χ0v) is 10.5. The van der Waals surface area contributed by atoms with Gasteiger partial charge in [-0.15, -0.1) is 0 Å². The highest BCUT2D eigenvalue weighted by Gasteiger charge is 2.03. The van der Waals surface area contributed by atoms with Crippen LogP contribution in [0.15, 0.2) is 18.2 Å². The van der Waals surface area contributed by atoms with Crippen LogP contribution in [0, 0.1) is 13.8 Å². The van der Waals surface area contributed by atoms with Gasteiger partial charge in [-0.2, -0.15) is 0 Å². The van der Waals surface area contributed by atoms with Gasteiger partial charge in [0.25, 0.3) is 0 Å². The first-order valence-electron chi connectivity index (χ1n) is 5.93. The molecule has 0 fully saturated rings. The molecule has 0 atom stereocenters. The minimum Gasteiger partial charge on any atom is -0.374 e. The number of hydrogen-bond donors (Lipinski definition) is 0. The highest BCUT2D eigenvalue weighted by atomic mass is 15.1. The molecule has 0 saturated heterocycles. The van der Waals surface area contributed by atoms with Crippen molar-refractivity contribution >= 4 is 5.69 Å². The van der Waals surface area contributed by atoms with Gasteiger partial charge in [0.2, 0.25) is 0 Å². The van der Waals surface area contributed by atoms with E-state index in [2.05, 4.69) is 50.9 Å². The van der Waals surface area contributed by atoms with E-state index in [1.54, 1.807) is 0 Å². The van der Waals surface area contributed by atoms with Gasteiger partial charge in [-0.1, -0.05) is 31.9 Å². The number of aryl methyl sites for hydroxylation is 2. The minimum absolute atomic E-state index is 1.16. The van der Waals surface area contributed by atoms with Crippen LogP contribution in [0.3, 0.4) is 0 Å². The lowest BCUT2D eigenvalue weighted by Crippen LogP contribution is -2.19. The Hall–Kier alpha value is -0.980. The van der Waals surface area contributed by atoms with E-state index < -0.39 is 0 Å². The largest absolute Gasteiger partial charge is 0.374 e. The second kappa shape index (κ2) is 5.79. The van der Waals surface area contributed by atoms with E-state index in [-0.39, 0.29) is 0 Å². The first-order valence-corrected chi connectivity index (χ1v) is 5.93. The van der Waals surface area contributed by atoms with Gasteiger partial charge in [-0.05, 0) is 37.5 Å². The molecular formula is C14H23N. The molecule has 1 rings (SSSR count). The van der Waals surface area contributed by atoms with E-state index in [1.807, 2.05) is 0 Å². The van der Waals surface area contributed by atoms with E-state index >= 15 is 0 Å². The number of benzene rings is 1. The predicted molar refractivity (Wildman–Crippen MR) is 68.7 cm³/mol. The molecular weight excluding hydrogens is 182 g/mol. The molecule has 0 bridgehead atoms. The van der Waals surface area contributed by atoms with Gasteiger partial charge >= 0.3 is 0 Å². The summed E-state index contributed by atoms with van der Waals surface area (Å²) in [4.78, 5) is 2.37. The Morgan fingerprint density at radius 1 is 1.13 bits per heavy atom. The molecule has 84 valence electrons. The van der Waals surface area contributed by atoms with Gasteiger partial charge in [-0.3, -0.25) is 0 Å². The second-order valence-corrected chi connectivity index (χ2v) is 4.42. The molecule has 1 aromatic rings. The first-order chi connectivity index (χ1) is 7.15. The number of nitrogens with zero attached hydrogens (tertiary/aromatic N) is 1. The first kappa shape index (κ1) is 12.1. The van der Waals surface area contributed by atoms with Crippen molar-refractivity contribution in [2.45, 2.75) is 40.0 Å². The van der Waals surface area contributed by atoms with Crippen molar-refractivity contribution in [1.82, 2.24) is 0 Å². The fraction of sp³-hybridized carbons (Fsp3) is 0.571. The molecule has 0 aromatic heterocycles. The van der Waals surface area contributed by atoms with Crippen LogP contribution < -0.4 is 4.90 Å². The average molecular weight is 205 g/mol. The molecule has 1 heteroatoms. The maximum Gasteiger partial charge on any atom is 0.0395 e. The Morgan fingerprint density at radius 3 is 2.53 bits per heavy atom. The molecule has 1 nitrogen and oxygen atoms in total. The molecule has 0 aliphatic heterocycles. The Morgan fingerprint density at radius 2 is 1.87 bits per heavy atom. The maximum atomic E-state index is 2.37. The smallest absolute Gasteiger partial charge is 0.0395 e. The zero-order valence-electron chi connectivity index (χ0n) is 10.5. The molecule has 0 aliphatic rings. The van der Waals surface area contributed by atoms with Gasteiger partial charge in [0.15, 0.2) is 0 Å². The topological polar surface area (TPSA) is 3.24 Å². The van der Waals surface area contributed by atoms with Crippen molar-refractivity contribution < 1.29 is 0 Å². The van der Waals surface area contributed by atoms with E-state index in [0.29, 0.717) is 0 Å². The fourth-order valence-electron chi connectivity index (χ4n) is 1.85. The SMILES string of the molecule is CCCCCN(C)c1cc(C)ccc1C. The van der Waals surface area contributed by atoms with E-state index in [1.165, 1.54) is 36.1 Å². The summed E-state index contributed by atoms with van der Waals surface area (Å²) in [5, 5.41) is 0. The molecule has 1 aromatic carbocycles. The summed E-state index contributed by atoms with van der Waals surface area (Å²) < 4.78 is 0. The van der Waals surface area contributed by atoms with Crippen molar-refractivity contribution in [2.24, 2.45) is 0 Å². The number of hydrogen-bond acceptors (Lipinski definition) is 1. The van der Waals surface area contributed by atoms with E-state index in [9.17, 15) is 0 Å². The van der Waals surface area contributed by atoms with Gasteiger partial charge in [0.05, 0.1) is 0 Å². The van der Waals surface area contributed by atoms with Crippen LogP contribution in [0.25, 0.3) is 0 Å². The fourth-order valence-corrected chi connectivity index (χ4v) is 1.85. The van der Waals surface area contributed by atoms with Crippen molar-refractivity contribution in [3.8, 4) is 0 Å². The molecule has 0 unspecified atom stereocenters. The highest BCUT2D eigenvalue weighted by Crippen LogP contribution is 2.20. The summed E-state index contributed by atoms with van der Waals surface area (Å²) >= 11 is 0. The Labute approximate surface area is 94.1 Å². The standard InChI is InChI=1S/C14H23N/c1-5-6-7-10-15(4)14-11-12(2)8-9-13(14)3/h8-9,11H,5-7,10H2,1-4H3. The van der Waals surface area contributed by atoms with E-state index in [4.69, 9.17) is 0 Å². The average Bonchev–Trinajstić information content (AvgIpc) is 2.22. The lowest BCUT2D eigenvalue weighted by Gasteiger charge is -2.21. The monoisotopic (exact) mass is 205 g/mol. The lowest BCUT2D eigenvalue weighted by molar-refractivity contribution is 0.704. The maximum absolute atomic E-state index is 2.37. The number of rotatable bonds is 5. The number of unbranched alkanes of at least 4 members (excludes halogenated alkanes) is 2. The van der Waals surface area contributed by atoms with Crippen molar-refractivity contribution in [3.63, 3.8) is 0 Å². The third kappa shape index (κ3) is 3.58. The Bertz CT molecular complexity index is 304. The summed E-state index contributed by atoms with van der Waals surface area (Å²) in [5.74, 6) is 0. The molecule has 0 spiro atoms. The summed E-state index contributed by atoms with van der Waals surface area (Å²) in [5.41, 5.74) is 4.10.